The highest BCUT2D eigenvalue weighted by molar-refractivity contribution is 5.81. The van der Waals surface area contributed by atoms with Gasteiger partial charge in [-0.05, 0) is 19.2 Å². The summed E-state index contributed by atoms with van der Waals surface area (Å²) >= 11 is 0. The number of rotatable bonds is 6. The quantitative estimate of drug-likeness (QED) is 0.418. The van der Waals surface area contributed by atoms with Crippen LogP contribution in [0.1, 0.15) is 0 Å². The maximum Gasteiger partial charge on any atom is 0.415 e. The van der Waals surface area contributed by atoms with Crippen LogP contribution in [0.2, 0.25) is 0 Å². The standard InChI is InChI=1S/C18H24N2O6/c1-24-16(22)13-18(17(23)25-2,26-15-6-4-3-5-14(15)21)20-10-7-19(8-11-20)9-12-20/h3-6,13H,7-12H2,1-2H3,(H-,21,22)/b16-13+. The predicted octanol–water partition coefficient (Wildman–Crippen LogP) is -0.366. The van der Waals surface area contributed by atoms with E-state index in [1.54, 1.807) is 18.2 Å². The van der Waals surface area contributed by atoms with Crippen LogP contribution in [0.5, 0.6) is 11.5 Å². The second kappa shape index (κ2) is 7.05. The van der Waals surface area contributed by atoms with E-state index in [4.69, 9.17) is 14.2 Å². The minimum atomic E-state index is -1.73. The number of ether oxygens (including phenoxy) is 3. The molecule has 26 heavy (non-hydrogen) atoms. The molecule has 0 saturated carbocycles. The highest BCUT2D eigenvalue weighted by Gasteiger charge is 2.62. The number of fused-ring (bicyclic) bond motifs is 3. The molecule has 3 saturated heterocycles. The van der Waals surface area contributed by atoms with E-state index in [1.165, 1.54) is 20.3 Å². The minimum absolute atomic E-state index is 0.110. The van der Waals surface area contributed by atoms with Crippen molar-refractivity contribution in [3.8, 4) is 11.5 Å². The van der Waals surface area contributed by atoms with Crippen LogP contribution in [0, 0.1) is 0 Å². The third kappa shape index (κ3) is 2.95. The van der Waals surface area contributed by atoms with Crippen LogP contribution >= 0.6 is 0 Å². The number of carbonyl (C=O) groups excluding carboxylic acids is 1. The van der Waals surface area contributed by atoms with Crippen molar-refractivity contribution in [3.63, 3.8) is 0 Å². The van der Waals surface area contributed by atoms with Crippen molar-refractivity contribution in [2.45, 2.75) is 5.72 Å². The molecule has 0 aliphatic carbocycles. The maximum atomic E-state index is 13.0. The molecule has 142 valence electrons. The molecule has 3 aliphatic rings. The number of phenols is 1. The van der Waals surface area contributed by atoms with Crippen LogP contribution in [-0.2, 0) is 14.3 Å². The van der Waals surface area contributed by atoms with Gasteiger partial charge in [0.25, 0.3) is 0 Å². The Kier molecular flexibility index (Phi) is 4.97. The third-order valence-electron chi connectivity index (χ3n) is 5.36. The molecule has 0 amide bonds. The average molecular weight is 364 g/mol. The molecule has 1 aromatic carbocycles. The average Bonchev–Trinajstić information content (AvgIpc) is 2.69. The van der Waals surface area contributed by atoms with Crippen LogP contribution in [0.15, 0.2) is 36.3 Å². The van der Waals surface area contributed by atoms with Crippen molar-refractivity contribution >= 4 is 5.97 Å². The Morgan fingerprint density at radius 2 is 1.81 bits per heavy atom. The number of methoxy groups -OCH3 is 2. The van der Waals surface area contributed by atoms with Gasteiger partial charge >= 0.3 is 11.7 Å². The van der Waals surface area contributed by atoms with Gasteiger partial charge in [-0.3, -0.25) is 9.38 Å². The zero-order valence-corrected chi connectivity index (χ0v) is 15.0. The lowest BCUT2D eigenvalue weighted by molar-refractivity contribution is -0.989. The first-order chi connectivity index (χ1) is 12.5. The van der Waals surface area contributed by atoms with E-state index in [1.807, 2.05) is 0 Å². The number of nitrogens with zero attached hydrogens (tertiary/aromatic N) is 2. The first kappa shape index (κ1) is 18.3. The smallest absolute Gasteiger partial charge is 0.415 e. The van der Waals surface area contributed by atoms with Crippen molar-refractivity contribution in [2.75, 3.05) is 53.5 Å². The molecule has 3 aliphatic heterocycles. The van der Waals surface area contributed by atoms with E-state index in [-0.39, 0.29) is 16.0 Å². The lowest BCUT2D eigenvalue weighted by Gasteiger charge is -2.56. The number of esters is 1. The van der Waals surface area contributed by atoms with Gasteiger partial charge in [-0.15, -0.1) is 0 Å². The molecule has 1 unspecified atom stereocenters. The number of hydrogen-bond acceptors (Lipinski definition) is 7. The SMILES string of the molecule is COC(=O)C(/C=C(\[O-])OC)(Oc1ccccc1O)[N+]12CCN(CC1)CC2. The third-order valence-corrected chi connectivity index (χ3v) is 5.36. The van der Waals surface area contributed by atoms with Gasteiger partial charge in [0.05, 0.1) is 38.8 Å². The number of quaternary nitrogens is 1. The van der Waals surface area contributed by atoms with Gasteiger partial charge in [0.2, 0.25) is 0 Å². The molecule has 8 heteroatoms. The molecular weight excluding hydrogens is 340 g/mol. The van der Waals surface area contributed by atoms with Crippen molar-refractivity contribution < 1.29 is 33.7 Å². The maximum absolute atomic E-state index is 13.0. The van der Waals surface area contributed by atoms with Gasteiger partial charge in [0.15, 0.2) is 11.5 Å². The molecule has 1 atom stereocenters. The van der Waals surface area contributed by atoms with Crippen LogP contribution < -0.4 is 9.84 Å². The number of phenolic OH excluding ortho intramolecular Hbond substituents is 1. The zero-order chi connectivity index (χ0) is 18.8. The van der Waals surface area contributed by atoms with Gasteiger partial charge < -0.3 is 24.4 Å². The summed E-state index contributed by atoms with van der Waals surface area (Å²) in [5.74, 6) is -1.39. The summed E-state index contributed by atoms with van der Waals surface area (Å²) in [6.45, 7) is 4.23. The lowest BCUT2D eigenvalue weighted by Crippen LogP contribution is -2.79. The number of benzene rings is 1. The van der Waals surface area contributed by atoms with Crippen LogP contribution in [0.3, 0.4) is 0 Å². The fourth-order valence-corrected chi connectivity index (χ4v) is 3.80. The fraction of sp³-hybridized carbons (Fsp3) is 0.500. The summed E-state index contributed by atoms with van der Waals surface area (Å²) < 4.78 is 16.2. The Morgan fingerprint density at radius 1 is 1.19 bits per heavy atom. The summed E-state index contributed by atoms with van der Waals surface area (Å²) in [6.07, 6.45) is 1.15. The van der Waals surface area contributed by atoms with Crippen LogP contribution in [0.25, 0.3) is 0 Å². The largest absolute Gasteiger partial charge is 0.616 e. The zero-order valence-electron chi connectivity index (χ0n) is 15.0. The van der Waals surface area contributed by atoms with Gasteiger partial charge in [0.1, 0.15) is 0 Å². The number of piperazine rings is 3. The molecule has 0 radical (unpaired) electrons. The van der Waals surface area contributed by atoms with Crippen LogP contribution in [0.4, 0.5) is 0 Å². The van der Waals surface area contributed by atoms with Crippen LogP contribution in [-0.4, -0.2) is 79.7 Å². The van der Waals surface area contributed by atoms with Gasteiger partial charge in [-0.2, -0.15) is 0 Å². The molecule has 8 nitrogen and oxygen atoms in total. The summed E-state index contributed by atoms with van der Waals surface area (Å²) in [7, 11) is 2.50. The summed E-state index contributed by atoms with van der Waals surface area (Å²) in [5, 5.41) is 22.4. The molecule has 0 spiro atoms. The Labute approximate surface area is 152 Å². The summed E-state index contributed by atoms with van der Waals surface area (Å²) in [4.78, 5) is 15.3. The Bertz CT molecular complexity index is 685. The topological polar surface area (TPSA) is 91.3 Å². The molecule has 1 aromatic rings. The molecule has 3 fully saturated rings. The molecule has 2 bridgehead atoms. The van der Waals surface area contributed by atoms with Crippen molar-refractivity contribution in [2.24, 2.45) is 0 Å². The Hall–Kier alpha value is -2.45. The van der Waals surface area contributed by atoms with Crippen molar-refractivity contribution in [1.29, 1.82) is 0 Å². The number of hydrogen-bond donors (Lipinski definition) is 1. The molecular formula is C18H24N2O6. The summed E-state index contributed by atoms with van der Waals surface area (Å²) in [6, 6.07) is 6.35. The van der Waals surface area contributed by atoms with Gasteiger partial charge in [-0.1, -0.05) is 12.1 Å². The van der Waals surface area contributed by atoms with E-state index >= 15 is 0 Å². The predicted molar refractivity (Wildman–Crippen MR) is 89.9 cm³/mol. The molecule has 3 heterocycles. The second-order valence-corrected chi connectivity index (χ2v) is 6.58. The van der Waals surface area contributed by atoms with Gasteiger partial charge in [-0.25, -0.2) is 4.79 Å². The number of carbonyl (C=O) groups is 1. The Balaban J connectivity index is 2.15. The van der Waals surface area contributed by atoms with E-state index in [0.29, 0.717) is 19.6 Å². The van der Waals surface area contributed by atoms with E-state index < -0.39 is 17.6 Å². The van der Waals surface area contributed by atoms with E-state index in [2.05, 4.69) is 4.90 Å². The van der Waals surface area contributed by atoms with Crippen molar-refractivity contribution in [3.05, 3.63) is 36.3 Å². The second-order valence-electron chi connectivity index (χ2n) is 6.58. The molecule has 4 rings (SSSR count). The summed E-state index contributed by atoms with van der Waals surface area (Å²) in [5.41, 5.74) is -1.73. The number of aromatic hydroxyl groups is 1. The first-order valence-corrected chi connectivity index (χ1v) is 8.54. The highest BCUT2D eigenvalue weighted by atomic mass is 16.6. The van der Waals surface area contributed by atoms with E-state index in [9.17, 15) is 15.0 Å². The van der Waals surface area contributed by atoms with Gasteiger partial charge in [0, 0.05) is 19.6 Å². The highest BCUT2D eigenvalue weighted by Crippen LogP contribution is 2.39. The first-order valence-electron chi connectivity index (χ1n) is 8.54. The number of para-hydroxylation sites is 2. The monoisotopic (exact) mass is 364 g/mol. The fourth-order valence-electron chi connectivity index (χ4n) is 3.80. The lowest BCUT2D eigenvalue weighted by atomic mass is 10.0. The Morgan fingerprint density at radius 3 is 2.35 bits per heavy atom. The minimum Gasteiger partial charge on any atom is -0.616 e. The van der Waals surface area contributed by atoms with E-state index in [0.717, 1.165) is 25.7 Å². The normalized spacial score (nSPS) is 27.5. The molecule has 0 aromatic heterocycles. The van der Waals surface area contributed by atoms with Crippen molar-refractivity contribution in [1.82, 2.24) is 4.90 Å². The molecule has 1 N–H and O–H groups in total.